The first-order valence-corrected chi connectivity index (χ1v) is 11.9. The fraction of sp³-hybridized carbons (Fsp3) is 0.0667. The normalized spacial score (nSPS) is 15.1. The molecule has 1 aliphatic rings. The van der Waals surface area contributed by atoms with Crippen molar-refractivity contribution in [1.29, 1.82) is 0 Å². The molecular weight excluding hydrogens is 456 g/mol. The third-order valence-corrected chi connectivity index (χ3v) is 7.95. The van der Waals surface area contributed by atoms with Crippen LogP contribution in [0, 0.1) is 0 Å². The predicted octanol–water partition coefficient (Wildman–Crippen LogP) is 5.74. The second-order valence-electron chi connectivity index (χ2n) is 8.25. The molecule has 0 amide bonds. The lowest BCUT2D eigenvalue weighted by atomic mass is 9.73. The van der Waals surface area contributed by atoms with E-state index in [9.17, 15) is 19.2 Å². The zero-order valence-corrected chi connectivity index (χ0v) is 19.4. The zero-order valence-electron chi connectivity index (χ0n) is 18.6. The number of rotatable bonds is 8. The van der Waals surface area contributed by atoms with Crippen LogP contribution in [0.4, 0.5) is 0 Å². The van der Waals surface area contributed by atoms with Crippen LogP contribution in [0.2, 0.25) is 0 Å². The highest BCUT2D eigenvalue weighted by Gasteiger charge is 2.84. The fourth-order valence-electron chi connectivity index (χ4n) is 4.41. The number of carbonyl (C=O) groups is 4. The van der Waals surface area contributed by atoms with Crippen LogP contribution >= 0.6 is 11.8 Å². The number of Topliss-reactive ketones (excluding diaryl/α,β-unsaturated/α-hetero) is 4. The molecule has 0 bridgehead atoms. The molecule has 0 unspecified atom stereocenters. The Morgan fingerprint density at radius 2 is 0.571 bits per heavy atom. The van der Waals surface area contributed by atoms with Crippen molar-refractivity contribution >= 4 is 34.9 Å². The SMILES string of the molecule is O=C(c1ccccc1)C1(C(=O)c2ccccc2)SC1(C(=O)c1ccccc1)C(=O)c1ccccc1. The molecule has 35 heavy (non-hydrogen) atoms. The number of thioether (sulfide) groups is 1. The third-order valence-electron chi connectivity index (χ3n) is 6.18. The van der Waals surface area contributed by atoms with Gasteiger partial charge >= 0.3 is 0 Å². The number of carbonyl (C=O) groups excluding carboxylic acids is 4. The summed E-state index contributed by atoms with van der Waals surface area (Å²) in [7, 11) is 0. The van der Waals surface area contributed by atoms with Gasteiger partial charge in [-0.2, -0.15) is 0 Å². The van der Waals surface area contributed by atoms with Crippen LogP contribution in [0.5, 0.6) is 0 Å². The topological polar surface area (TPSA) is 68.3 Å². The molecule has 4 aromatic rings. The summed E-state index contributed by atoms with van der Waals surface area (Å²) in [5.41, 5.74) is 1.08. The summed E-state index contributed by atoms with van der Waals surface area (Å²) in [5.74, 6) is -2.20. The van der Waals surface area contributed by atoms with Crippen molar-refractivity contribution < 1.29 is 19.2 Å². The van der Waals surface area contributed by atoms with Crippen LogP contribution < -0.4 is 0 Å². The maximum Gasteiger partial charge on any atom is 0.189 e. The van der Waals surface area contributed by atoms with Gasteiger partial charge in [0.2, 0.25) is 0 Å². The Bertz CT molecular complexity index is 1200. The standard InChI is InChI=1S/C30H20O4S/c31-25(21-13-5-1-6-14-21)29(26(32)22-15-7-2-8-16-22)30(35-29,27(33)23-17-9-3-10-18-23)28(34)24-19-11-4-12-20-24/h1-20H. The van der Waals surface area contributed by atoms with E-state index in [-0.39, 0.29) is 22.3 Å². The molecule has 4 nitrogen and oxygen atoms in total. The van der Waals surface area contributed by atoms with Gasteiger partial charge in [-0.05, 0) is 0 Å². The molecule has 0 aliphatic carbocycles. The lowest BCUT2D eigenvalue weighted by molar-refractivity contribution is 0.0736. The van der Waals surface area contributed by atoms with Crippen molar-refractivity contribution in [3.05, 3.63) is 144 Å². The largest absolute Gasteiger partial charge is 0.292 e. The van der Waals surface area contributed by atoms with E-state index >= 15 is 0 Å². The first-order chi connectivity index (χ1) is 17.0. The molecule has 5 rings (SSSR count). The molecule has 0 atom stereocenters. The summed E-state index contributed by atoms with van der Waals surface area (Å²) < 4.78 is -3.84. The van der Waals surface area contributed by atoms with Gasteiger partial charge in [0.15, 0.2) is 32.6 Å². The van der Waals surface area contributed by atoms with E-state index < -0.39 is 32.6 Å². The quantitative estimate of drug-likeness (QED) is 0.184. The van der Waals surface area contributed by atoms with Crippen molar-refractivity contribution in [2.24, 2.45) is 0 Å². The molecule has 0 spiro atoms. The molecular formula is C30H20O4S. The highest BCUT2D eigenvalue weighted by atomic mass is 32.2. The minimum Gasteiger partial charge on any atom is -0.292 e. The lowest BCUT2D eigenvalue weighted by Gasteiger charge is -2.21. The Labute approximate surface area is 207 Å². The van der Waals surface area contributed by atoms with E-state index in [1.807, 2.05) is 0 Å². The van der Waals surface area contributed by atoms with E-state index in [1.54, 1.807) is 121 Å². The molecule has 1 fully saturated rings. The zero-order chi connectivity index (χ0) is 24.5. The molecule has 0 saturated carbocycles. The Kier molecular flexibility index (Phi) is 5.79. The van der Waals surface area contributed by atoms with Gasteiger partial charge < -0.3 is 0 Å². The van der Waals surface area contributed by atoms with Gasteiger partial charge in [-0.15, -0.1) is 11.8 Å². The van der Waals surface area contributed by atoms with Crippen molar-refractivity contribution in [3.8, 4) is 0 Å². The fourth-order valence-corrected chi connectivity index (χ4v) is 6.03. The smallest absolute Gasteiger partial charge is 0.189 e. The van der Waals surface area contributed by atoms with Gasteiger partial charge in [0.25, 0.3) is 0 Å². The minimum atomic E-state index is -1.92. The molecule has 4 aromatic carbocycles. The summed E-state index contributed by atoms with van der Waals surface area (Å²) in [5, 5.41) is 0. The van der Waals surface area contributed by atoms with Gasteiger partial charge in [-0.3, -0.25) is 19.2 Å². The van der Waals surface area contributed by atoms with Crippen molar-refractivity contribution in [1.82, 2.24) is 0 Å². The van der Waals surface area contributed by atoms with Crippen LogP contribution in [0.1, 0.15) is 41.4 Å². The van der Waals surface area contributed by atoms with Crippen LogP contribution in [0.25, 0.3) is 0 Å². The summed E-state index contributed by atoms with van der Waals surface area (Å²) in [4.78, 5) is 56.3. The average molecular weight is 477 g/mol. The Balaban J connectivity index is 1.75. The van der Waals surface area contributed by atoms with Gasteiger partial charge in [-0.25, -0.2) is 0 Å². The highest BCUT2D eigenvalue weighted by Crippen LogP contribution is 2.68. The summed E-state index contributed by atoms with van der Waals surface area (Å²) in [6.45, 7) is 0. The summed E-state index contributed by atoms with van der Waals surface area (Å²) in [6, 6.07) is 33.4. The van der Waals surface area contributed by atoms with Crippen molar-refractivity contribution in [2.75, 3.05) is 0 Å². The van der Waals surface area contributed by atoms with Crippen LogP contribution in [0.15, 0.2) is 121 Å². The highest BCUT2D eigenvalue weighted by molar-refractivity contribution is 8.13. The average Bonchev–Trinajstić information content (AvgIpc) is 3.65. The maximum atomic E-state index is 14.1. The number of hydrogen-bond donors (Lipinski definition) is 0. The molecule has 5 heteroatoms. The van der Waals surface area contributed by atoms with Crippen LogP contribution in [-0.2, 0) is 0 Å². The van der Waals surface area contributed by atoms with Crippen LogP contribution in [0.3, 0.4) is 0 Å². The third kappa shape index (κ3) is 3.56. The van der Waals surface area contributed by atoms with E-state index in [0.29, 0.717) is 0 Å². The molecule has 0 radical (unpaired) electrons. The van der Waals surface area contributed by atoms with Gasteiger partial charge in [-0.1, -0.05) is 121 Å². The molecule has 1 aliphatic heterocycles. The number of hydrogen-bond acceptors (Lipinski definition) is 5. The maximum absolute atomic E-state index is 14.1. The second-order valence-corrected chi connectivity index (χ2v) is 9.67. The lowest BCUT2D eigenvalue weighted by Crippen LogP contribution is -2.50. The van der Waals surface area contributed by atoms with Gasteiger partial charge in [0, 0.05) is 22.3 Å². The number of ketones is 4. The first kappa shape index (κ1) is 22.7. The molecule has 1 saturated heterocycles. The van der Waals surface area contributed by atoms with E-state index in [1.165, 1.54) is 0 Å². The monoisotopic (exact) mass is 476 g/mol. The van der Waals surface area contributed by atoms with Crippen molar-refractivity contribution in [2.45, 2.75) is 9.49 Å². The van der Waals surface area contributed by atoms with Crippen molar-refractivity contribution in [3.63, 3.8) is 0 Å². The van der Waals surface area contributed by atoms with Gasteiger partial charge in [0.1, 0.15) is 0 Å². The Hall–Kier alpha value is -4.09. The molecule has 170 valence electrons. The summed E-state index contributed by atoms with van der Waals surface area (Å²) in [6.07, 6.45) is 0. The predicted molar refractivity (Wildman–Crippen MR) is 136 cm³/mol. The Morgan fingerprint density at radius 1 is 0.371 bits per heavy atom. The molecule has 0 N–H and O–H groups in total. The van der Waals surface area contributed by atoms with E-state index in [0.717, 1.165) is 11.8 Å². The second kappa shape index (κ2) is 8.93. The number of benzene rings is 4. The van der Waals surface area contributed by atoms with E-state index in [2.05, 4.69) is 0 Å². The summed E-state index contributed by atoms with van der Waals surface area (Å²) >= 11 is 0.845. The Morgan fingerprint density at radius 3 is 0.771 bits per heavy atom. The first-order valence-electron chi connectivity index (χ1n) is 11.1. The van der Waals surface area contributed by atoms with Gasteiger partial charge in [0.05, 0.1) is 0 Å². The van der Waals surface area contributed by atoms with E-state index in [4.69, 9.17) is 0 Å². The van der Waals surface area contributed by atoms with Crippen LogP contribution in [-0.4, -0.2) is 32.6 Å². The molecule has 1 heterocycles. The molecule has 0 aromatic heterocycles. The minimum absolute atomic E-state index is 0.271.